The monoisotopic (exact) mass is 406 g/mol. The summed E-state index contributed by atoms with van der Waals surface area (Å²) in [4.78, 5) is 12.5. The molecule has 0 bridgehead atoms. The van der Waals surface area contributed by atoms with E-state index < -0.39 is 10.0 Å². The Balaban J connectivity index is 1.46. The lowest BCUT2D eigenvalue weighted by atomic mass is 9.87. The molecule has 5 nitrogen and oxygen atoms in total. The van der Waals surface area contributed by atoms with Gasteiger partial charge in [0.05, 0.1) is 4.90 Å². The zero-order valence-electron chi connectivity index (χ0n) is 16.9. The predicted octanol–water partition coefficient (Wildman–Crippen LogP) is 3.88. The summed E-state index contributed by atoms with van der Waals surface area (Å²) >= 11 is 0. The summed E-state index contributed by atoms with van der Waals surface area (Å²) in [6.45, 7) is 1.85. The molecule has 1 saturated carbocycles. The minimum absolute atomic E-state index is 0.146. The van der Waals surface area contributed by atoms with Gasteiger partial charge in [-0.05, 0) is 55.7 Å². The highest BCUT2D eigenvalue weighted by Gasteiger charge is 2.24. The number of hydrogen-bond acceptors (Lipinski definition) is 3. The van der Waals surface area contributed by atoms with Gasteiger partial charge in [0.25, 0.3) is 0 Å². The molecule has 2 aliphatic rings. The first-order chi connectivity index (χ1) is 13.6. The Morgan fingerprint density at radius 3 is 2.18 bits per heavy atom. The Bertz CT molecular complexity index is 717. The summed E-state index contributed by atoms with van der Waals surface area (Å²) in [5.74, 6) is 0.699. The molecule has 0 aromatic heterocycles. The molecule has 1 saturated heterocycles. The zero-order chi connectivity index (χ0) is 19.8. The first-order valence-electron chi connectivity index (χ1n) is 10.9. The van der Waals surface area contributed by atoms with Crippen LogP contribution < -0.4 is 5.32 Å². The van der Waals surface area contributed by atoms with E-state index in [2.05, 4.69) is 5.32 Å². The SMILES string of the molecule is O=C(CC1CCCCC1)NCCc1ccc(S(=O)(=O)N2CCCCCC2)cc1. The van der Waals surface area contributed by atoms with Crippen molar-refractivity contribution in [3.05, 3.63) is 29.8 Å². The lowest BCUT2D eigenvalue weighted by Gasteiger charge is -2.21. The number of nitrogens with one attached hydrogen (secondary N) is 1. The second-order valence-corrected chi connectivity index (χ2v) is 10.2. The molecule has 1 aromatic carbocycles. The lowest BCUT2D eigenvalue weighted by molar-refractivity contribution is -0.122. The second-order valence-electron chi connectivity index (χ2n) is 8.27. The third kappa shape index (κ3) is 6.05. The van der Waals surface area contributed by atoms with E-state index in [-0.39, 0.29) is 5.91 Å². The van der Waals surface area contributed by atoms with E-state index in [1.807, 2.05) is 12.1 Å². The van der Waals surface area contributed by atoms with Crippen LogP contribution in [-0.2, 0) is 21.2 Å². The zero-order valence-corrected chi connectivity index (χ0v) is 17.7. The molecule has 1 N–H and O–H groups in total. The van der Waals surface area contributed by atoms with Gasteiger partial charge < -0.3 is 5.32 Å². The van der Waals surface area contributed by atoms with E-state index in [0.717, 1.165) is 37.7 Å². The van der Waals surface area contributed by atoms with Crippen LogP contribution in [0.25, 0.3) is 0 Å². The Morgan fingerprint density at radius 2 is 1.54 bits per heavy atom. The van der Waals surface area contributed by atoms with Crippen molar-refractivity contribution >= 4 is 15.9 Å². The highest BCUT2D eigenvalue weighted by molar-refractivity contribution is 7.89. The molecule has 2 fully saturated rings. The van der Waals surface area contributed by atoms with Crippen LogP contribution in [0, 0.1) is 5.92 Å². The number of amides is 1. The van der Waals surface area contributed by atoms with Crippen molar-refractivity contribution < 1.29 is 13.2 Å². The quantitative estimate of drug-likeness (QED) is 0.747. The van der Waals surface area contributed by atoms with Gasteiger partial charge in [0.2, 0.25) is 15.9 Å². The van der Waals surface area contributed by atoms with Crippen molar-refractivity contribution in [2.45, 2.75) is 75.5 Å². The molecule has 0 unspecified atom stereocenters. The molecule has 0 spiro atoms. The molecule has 0 atom stereocenters. The molecule has 3 rings (SSSR count). The lowest BCUT2D eigenvalue weighted by Crippen LogP contribution is -2.31. The van der Waals surface area contributed by atoms with Crippen LogP contribution >= 0.6 is 0 Å². The van der Waals surface area contributed by atoms with Gasteiger partial charge in [-0.1, -0.05) is 44.2 Å². The third-order valence-electron chi connectivity index (χ3n) is 6.06. The van der Waals surface area contributed by atoms with Crippen molar-refractivity contribution in [2.24, 2.45) is 5.92 Å². The summed E-state index contributed by atoms with van der Waals surface area (Å²) in [5.41, 5.74) is 1.05. The summed E-state index contributed by atoms with van der Waals surface area (Å²) in [5, 5.41) is 3.02. The van der Waals surface area contributed by atoms with Crippen LogP contribution in [0.1, 0.15) is 69.8 Å². The molecular formula is C22H34N2O3S. The number of sulfonamides is 1. The van der Waals surface area contributed by atoms with Gasteiger partial charge in [-0.2, -0.15) is 4.31 Å². The Morgan fingerprint density at radius 1 is 0.929 bits per heavy atom. The summed E-state index contributed by atoms with van der Waals surface area (Å²) in [6.07, 6.45) is 11.6. The van der Waals surface area contributed by atoms with E-state index in [0.29, 0.717) is 36.9 Å². The fourth-order valence-electron chi connectivity index (χ4n) is 4.33. The minimum Gasteiger partial charge on any atom is -0.356 e. The molecule has 156 valence electrons. The largest absolute Gasteiger partial charge is 0.356 e. The van der Waals surface area contributed by atoms with Gasteiger partial charge in [-0.3, -0.25) is 4.79 Å². The number of benzene rings is 1. The highest BCUT2D eigenvalue weighted by atomic mass is 32.2. The van der Waals surface area contributed by atoms with Crippen molar-refractivity contribution in [2.75, 3.05) is 19.6 Å². The molecule has 1 aromatic rings. The average molecular weight is 407 g/mol. The average Bonchev–Trinajstić information content (AvgIpc) is 2.99. The molecule has 1 heterocycles. The molecule has 28 heavy (non-hydrogen) atoms. The molecule has 1 aliphatic carbocycles. The fraction of sp³-hybridized carbons (Fsp3) is 0.682. The number of nitrogens with zero attached hydrogens (tertiary/aromatic N) is 1. The van der Waals surface area contributed by atoms with E-state index in [4.69, 9.17) is 0 Å². The van der Waals surface area contributed by atoms with Crippen molar-refractivity contribution in [3.8, 4) is 0 Å². The van der Waals surface area contributed by atoms with E-state index in [1.165, 1.54) is 32.1 Å². The number of carbonyl (C=O) groups excluding carboxylic acids is 1. The smallest absolute Gasteiger partial charge is 0.243 e. The molecule has 0 radical (unpaired) electrons. The summed E-state index contributed by atoms with van der Waals surface area (Å²) in [7, 11) is -3.39. The second kappa shape index (κ2) is 10.4. The fourth-order valence-corrected chi connectivity index (χ4v) is 5.85. The topological polar surface area (TPSA) is 66.5 Å². The Labute approximate surface area is 169 Å². The molecule has 1 aliphatic heterocycles. The van der Waals surface area contributed by atoms with Gasteiger partial charge in [0.1, 0.15) is 0 Å². The number of hydrogen-bond donors (Lipinski definition) is 1. The first kappa shape index (κ1) is 21.3. The maximum atomic E-state index is 12.8. The van der Waals surface area contributed by atoms with Crippen LogP contribution in [0.3, 0.4) is 0 Å². The van der Waals surface area contributed by atoms with E-state index in [1.54, 1.807) is 16.4 Å². The predicted molar refractivity (Wildman–Crippen MR) is 112 cm³/mol. The minimum atomic E-state index is -3.39. The van der Waals surface area contributed by atoms with Crippen LogP contribution in [0.4, 0.5) is 0 Å². The van der Waals surface area contributed by atoms with Gasteiger partial charge in [-0.15, -0.1) is 0 Å². The van der Waals surface area contributed by atoms with Crippen LogP contribution in [-0.4, -0.2) is 38.3 Å². The molecule has 1 amide bonds. The maximum absolute atomic E-state index is 12.8. The van der Waals surface area contributed by atoms with E-state index in [9.17, 15) is 13.2 Å². The molecular weight excluding hydrogens is 372 g/mol. The van der Waals surface area contributed by atoms with Crippen molar-refractivity contribution in [1.29, 1.82) is 0 Å². The van der Waals surface area contributed by atoms with Gasteiger partial charge in [0, 0.05) is 26.1 Å². The van der Waals surface area contributed by atoms with Crippen LogP contribution in [0.15, 0.2) is 29.2 Å². The van der Waals surface area contributed by atoms with Crippen molar-refractivity contribution in [3.63, 3.8) is 0 Å². The van der Waals surface area contributed by atoms with Crippen LogP contribution in [0.5, 0.6) is 0 Å². The summed E-state index contributed by atoms with van der Waals surface area (Å²) in [6, 6.07) is 7.16. The number of rotatable bonds is 7. The summed E-state index contributed by atoms with van der Waals surface area (Å²) < 4.78 is 27.3. The van der Waals surface area contributed by atoms with Gasteiger partial charge >= 0.3 is 0 Å². The van der Waals surface area contributed by atoms with Crippen LogP contribution in [0.2, 0.25) is 0 Å². The third-order valence-corrected chi connectivity index (χ3v) is 7.97. The van der Waals surface area contributed by atoms with E-state index >= 15 is 0 Å². The Kier molecular flexibility index (Phi) is 7.91. The Hall–Kier alpha value is -1.40. The normalized spacial score (nSPS) is 19.9. The molecule has 6 heteroatoms. The number of carbonyl (C=O) groups is 1. The highest BCUT2D eigenvalue weighted by Crippen LogP contribution is 2.26. The first-order valence-corrected chi connectivity index (χ1v) is 12.4. The van der Waals surface area contributed by atoms with Gasteiger partial charge in [-0.25, -0.2) is 8.42 Å². The van der Waals surface area contributed by atoms with Gasteiger partial charge in [0.15, 0.2) is 0 Å². The standard InChI is InChI=1S/C22H34N2O3S/c25-22(18-20-8-4-3-5-9-20)23-15-14-19-10-12-21(13-11-19)28(26,27)24-16-6-1-2-7-17-24/h10-13,20H,1-9,14-18H2,(H,23,25). The maximum Gasteiger partial charge on any atom is 0.243 e. The van der Waals surface area contributed by atoms with Crippen molar-refractivity contribution in [1.82, 2.24) is 9.62 Å².